The van der Waals surface area contributed by atoms with Gasteiger partial charge in [0.2, 0.25) is 0 Å². The van der Waals surface area contributed by atoms with Gasteiger partial charge < -0.3 is 9.84 Å². The maximum atomic E-state index is 12.3. The minimum atomic E-state index is -0.618. The number of nitrogens with zero attached hydrogens (tertiary/aromatic N) is 1. The molecule has 5 heteroatoms. The van der Waals surface area contributed by atoms with Gasteiger partial charge in [-0.05, 0) is 44.9 Å². The van der Waals surface area contributed by atoms with Crippen molar-refractivity contribution in [3.05, 3.63) is 46.2 Å². The number of esters is 1. The van der Waals surface area contributed by atoms with Gasteiger partial charge in [0, 0.05) is 11.4 Å². The van der Waals surface area contributed by atoms with E-state index in [1.54, 1.807) is 26.8 Å². The zero-order valence-corrected chi connectivity index (χ0v) is 14.6. The monoisotopic (exact) mass is 335 g/mol. The Balaban J connectivity index is 2.32. The number of carbonyl (C=O) groups is 1. The molecule has 1 atom stereocenters. The van der Waals surface area contributed by atoms with Gasteiger partial charge in [0.05, 0.1) is 11.8 Å². The van der Waals surface area contributed by atoms with Crippen LogP contribution in [0, 0.1) is 0 Å². The summed E-state index contributed by atoms with van der Waals surface area (Å²) in [5.41, 5.74) is 1.06. The number of hydrogen-bond donors (Lipinski definition) is 1. The predicted molar refractivity (Wildman–Crippen MR) is 92.0 cm³/mol. The molecule has 0 fully saturated rings. The smallest absolute Gasteiger partial charge is 0.343 e. The van der Waals surface area contributed by atoms with Crippen LogP contribution in [0.3, 0.4) is 0 Å². The summed E-state index contributed by atoms with van der Waals surface area (Å²) in [5.74, 6) is -0.504. The molecule has 1 unspecified atom stereocenters. The van der Waals surface area contributed by atoms with Gasteiger partial charge in [0.25, 0.3) is 0 Å². The average molecular weight is 336 g/mol. The van der Waals surface area contributed by atoms with E-state index >= 15 is 0 Å². The van der Waals surface area contributed by atoms with Crippen molar-refractivity contribution < 1.29 is 14.6 Å². The number of hydrogen-bond acceptors (Lipinski definition) is 4. The van der Waals surface area contributed by atoms with Crippen LogP contribution in [-0.4, -0.2) is 22.4 Å². The van der Waals surface area contributed by atoms with Crippen molar-refractivity contribution in [2.75, 3.05) is 0 Å². The number of rotatable bonds is 3. The summed E-state index contributed by atoms with van der Waals surface area (Å²) in [4.78, 5) is 17.0. The number of dihydropyridines is 1. The van der Waals surface area contributed by atoms with E-state index in [2.05, 4.69) is 4.99 Å². The molecule has 1 N–H and O–H groups in total. The third-order valence-electron chi connectivity index (χ3n) is 3.45. The second-order valence-corrected chi connectivity index (χ2v) is 6.96. The Morgan fingerprint density at radius 3 is 2.70 bits per heavy atom. The summed E-state index contributed by atoms with van der Waals surface area (Å²) in [7, 11) is 0. The molecule has 23 heavy (non-hydrogen) atoms. The molecule has 0 saturated heterocycles. The Labute approximate surface area is 141 Å². The van der Waals surface area contributed by atoms with E-state index in [-0.39, 0.29) is 23.8 Å². The lowest BCUT2D eigenvalue weighted by Gasteiger charge is -2.25. The number of halogens is 1. The molecule has 1 aliphatic rings. The first-order valence-corrected chi connectivity index (χ1v) is 8.07. The first-order chi connectivity index (χ1) is 10.7. The van der Waals surface area contributed by atoms with E-state index in [0.29, 0.717) is 17.2 Å². The molecule has 0 bridgehead atoms. The first-order valence-electron chi connectivity index (χ1n) is 7.69. The molecule has 0 radical (unpaired) electrons. The molecular weight excluding hydrogens is 314 g/mol. The number of aliphatic hydroxyl groups is 1. The highest BCUT2D eigenvalue weighted by molar-refractivity contribution is 6.30. The number of ether oxygens (including phenoxy) is 1. The highest BCUT2D eigenvalue weighted by Crippen LogP contribution is 2.33. The SMILES string of the molecule is CCC1=NC(c2cccc(Cl)c2)CC(O)=C1C(=O)OC(C)(C)C. The summed E-state index contributed by atoms with van der Waals surface area (Å²) in [5, 5.41) is 11.0. The molecule has 0 spiro atoms. The fourth-order valence-electron chi connectivity index (χ4n) is 2.49. The van der Waals surface area contributed by atoms with Gasteiger partial charge in [-0.1, -0.05) is 30.7 Å². The minimum Gasteiger partial charge on any atom is -0.511 e. The van der Waals surface area contributed by atoms with E-state index in [1.807, 2.05) is 25.1 Å². The summed E-state index contributed by atoms with van der Waals surface area (Å²) >= 11 is 6.03. The van der Waals surface area contributed by atoms with Crippen LogP contribution >= 0.6 is 11.6 Å². The van der Waals surface area contributed by atoms with E-state index < -0.39 is 11.6 Å². The van der Waals surface area contributed by atoms with Crippen LogP contribution in [0.5, 0.6) is 0 Å². The third-order valence-corrected chi connectivity index (χ3v) is 3.68. The summed E-state index contributed by atoms with van der Waals surface area (Å²) in [6.45, 7) is 7.28. The molecule has 4 nitrogen and oxygen atoms in total. The standard InChI is InChI=1S/C18H22ClNO3/c1-5-13-16(17(22)23-18(2,3)4)15(21)10-14(20-13)11-7-6-8-12(19)9-11/h6-9,14,21H,5,10H2,1-4H3. The van der Waals surface area contributed by atoms with Crippen molar-refractivity contribution in [2.45, 2.75) is 52.2 Å². The summed E-state index contributed by atoms with van der Waals surface area (Å²) in [6.07, 6.45) is 0.800. The summed E-state index contributed by atoms with van der Waals surface area (Å²) < 4.78 is 5.38. The fraction of sp³-hybridized carbons (Fsp3) is 0.444. The number of carbonyl (C=O) groups excluding carboxylic acids is 1. The second kappa shape index (κ2) is 6.75. The zero-order chi connectivity index (χ0) is 17.2. The van der Waals surface area contributed by atoms with Crippen molar-refractivity contribution in [3.63, 3.8) is 0 Å². The molecule has 0 aromatic heterocycles. The van der Waals surface area contributed by atoms with Crippen molar-refractivity contribution >= 4 is 23.3 Å². The van der Waals surface area contributed by atoms with Gasteiger partial charge in [-0.15, -0.1) is 0 Å². The van der Waals surface area contributed by atoms with Crippen molar-refractivity contribution in [1.29, 1.82) is 0 Å². The van der Waals surface area contributed by atoms with Crippen LogP contribution in [0.25, 0.3) is 0 Å². The van der Waals surface area contributed by atoms with Gasteiger partial charge in [-0.2, -0.15) is 0 Å². The van der Waals surface area contributed by atoms with Crippen LogP contribution in [0.15, 0.2) is 40.6 Å². The Morgan fingerprint density at radius 1 is 1.43 bits per heavy atom. The number of benzene rings is 1. The molecule has 1 aliphatic heterocycles. The third kappa shape index (κ3) is 4.35. The molecule has 1 aromatic rings. The quantitative estimate of drug-likeness (QED) is 0.808. The van der Waals surface area contributed by atoms with Crippen molar-refractivity contribution in [1.82, 2.24) is 0 Å². The topological polar surface area (TPSA) is 58.9 Å². The molecule has 1 heterocycles. The first kappa shape index (κ1) is 17.5. The van der Waals surface area contributed by atoms with Crippen LogP contribution in [0.4, 0.5) is 0 Å². The van der Waals surface area contributed by atoms with Gasteiger partial charge in [0.15, 0.2) is 0 Å². The second-order valence-electron chi connectivity index (χ2n) is 6.53. The maximum absolute atomic E-state index is 12.3. The lowest BCUT2D eigenvalue weighted by molar-refractivity contribution is -0.149. The Morgan fingerprint density at radius 2 is 2.13 bits per heavy atom. The Hall–Kier alpha value is -1.81. The summed E-state index contributed by atoms with van der Waals surface area (Å²) in [6, 6.07) is 7.14. The van der Waals surface area contributed by atoms with Crippen LogP contribution < -0.4 is 0 Å². The van der Waals surface area contributed by atoms with E-state index in [4.69, 9.17) is 16.3 Å². The predicted octanol–water partition coefficient (Wildman–Crippen LogP) is 4.79. The van der Waals surface area contributed by atoms with Gasteiger partial charge in [-0.25, -0.2) is 4.79 Å². The average Bonchev–Trinajstić information content (AvgIpc) is 2.44. The van der Waals surface area contributed by atoms with Crippen molar-refractivity contribution in [3.8, 4) is 0 Å². The molecule has 0 saturated carbocycles. The van der Waals surface area contributed by atoms with Gasteiger partial charge in [-0.3, -0.25) is 4.99 Å². The molecule has 2 rings (SSSR count). The van der Waals surface area contributed by atoms with Crippen LogP contribution in [0.2, 0.25) is 5.02 Å². The van der Waals surface area contributed by atoms with Gasteiger partial charge >= 0.3 is 5.97 Å². The normalized spacial score (nSPS) is 18.7. The molecule has 124 valence electrons. The maximum Gasteiger partial charge on any atom is 0.343 e. The Kier molecular flexibility index (Phi) is 5.15. The van der Waals surface area contributed by atoms with Crippen LogP contribution in [0.1, 0.15) is 52.1 Å². The lowest BCUT2D eigenvalue weighted by Crippen LogP contribution is -2.29. The highest BCUT2D eigenvalue weighted by Gasteiger charge is 2.31. The van der Waals surface area contributed by atoms with E-state index in [1.165, 1.54) is 0 Å². The molecule has 0 amide bonds. The number of aliphatic imine (C=N–C) groups is 1. The zero-order valence-electron chi connectivity index (χ0n) is 13.9. The minimum absolute atomic E-state index is 0.0241. The van der Waals surface area contributed by atoms with E-state index in [0.717, 1.165) is 5.56 Å². The molecule has 0 aliphatic carbocycles. The fourth-order valence-corrected chi connectivity index (χ4v) is 2.69. The molecule has 1 aromatic carbocycles. The molecular formula is C18H22ClNO3. The van der Waals surface area contributed by atoms with E-state index in [9.17, 15) is 9.90 Å². The van der Waals surface area contributed by atoms with Gasteiger partial charge in [0.1, 0.15) is 16.9 Å². The largest absolute Gasteiger partial charge is 0.511 e. The highest BCUT2D eigenvalue weighted by atomic mass is 35.5. The van der Waals surface area contributed by atoms with Crippen LogP contribution in [-0.2, 0) is 9.53 Å². The Bertz CT molecular complexity index is 671. The lowest BCUT2D eigenvalue weighted by atomic mass is 9.94. The number of aliphatic hydroxyl groups excluding tert-OH is 1. The van der Waals surface area contributed by atoms with Crippen molar-refractivity contribution in [2.24, 2.45) is 4.99 Å².